The van der Waals surface area contributed by atoms with Crippen molar-refractivity contribution in [3.05, 3.63) is 65.0 Å². The Labute approximate surface area is 188 Å². The zero-order chi connectivity index (χ0) is 23.1. The molecule has 0 spiro atoms. The van der Waals surface area contributed by atoms with Gasteiger partial charge in [0.15, 0.2) is 5.65 Å². The number of carboxylic acid groups (broad SMARTS) is 1. The maximum absolute atomic E-state index is 13.3. The summed E-state index contributed by atoms with van der Waals surface area (Å²) in [6.07, 6.45) is 7.48. The lowest BCUT2D eigenvalue weighted by Crippen LogP contribution is -2.39. The van der Waals surface area contributed by atoms with Gasteiger partial charge in [0.05, 0.1) is 34.4 Å². The summed E-state index contributed by atoms with van der Waals surface area (Å²) in [5.74, 6) is -1.45. The van der Waals surface area contributed by atoms with E-state index in [-0.39, 0.29) is 29.1 Å². The fraction of sp³-hybridized carbons (Fsp3) is 0.292. The van der Waals surface area contributed by atoms with Crippen molar-refractivity contribution >= 4 is 28.4 Å². The van der Waals surface area contributed by atoms with Crippen LogP contribution in [0.15, 0.2) is 53.8 Å². The maximum atomic E-state index is 13.3. The second-order valence-corrected chi connectivity index (χ2v) is 8.55. The Kier molecular flexibility index (Phi) is 5.16. The number of aromatic nitrogens is 4. The second kappa shape index (κ2) is 8.16. The first kappa shape index (κ1) is 20.9. The first-order valence-corrected chi connectivity index (χ1v) is 10.9. The van der Waals surface area contributed by atoms with Crippen LogP contribution in [0.5, 0.6) is 0 Å². The number of fused-ring (bicyclic) bond motifs is 2. The van der Waals surface area contributed by atoms with Crippen LogP contribution in [0.1, 0.15) is 36.0 Å². The molecule has 168 valence electrons. The quantitative estimate of drug-likeness (QED) is 0.466. The van der Waals surface area contributed by atoms with Crippen LogP contribution in [0.4, 0.5) is 0 Å². The van der Waals surface area contributed by atoms with Gasteiger partial charge in [-0.05, 0) is 49.9 Å². The summed E-state index contributed by atoms with van der Waals surface area (Å²) < 4.78 is 3.23. The molecular formula is C24H23N5O4. The van der Waals surface area contributed by atoms with Gasteiger partial charge in [-0.25, -0.2) is 9.97 Å². The van der Waals surface area contributed by atoms with Crippen molar-refractivity contribution in [3.8, 4) is 11.3 Å². The zero-order valence-corrected chi connectivity index (χ0v) is 18.1. The minimum atomic E-state index is -0.782. The third-order valence-corrected chi connectivity index (χ3v) is 6.30. The second-order valence-electron chi connectivity index (χ2n) is 8.55. The number of imidazole rings is 1. The molecule has 4 aromatic rings. The van der Waals surface area contributed by atoms with Gasteiger partial charge in [-0.15, -0.1) is 0 Å². The number of carboxylic acids is 1. The Bertz CT molecular complexity index is 1450. The number of carbonyl (C=O) groups excluding carboxylic acids is 1. The van der Waals surface area contributed by atoms with E-state index in [1.807, 2.05) is 23.9 Å². The third kappa shape index (κ3) is 3.86. The predicted octanol–water partition coefficient (Wildman–Crippen LogP) is 2.62. The Morgan fingerprint density at radius 2 is 1.94 bits per heavy atom. The van der Waals surface area contributed by atoms with Gasteiger partial charge in [-0.2, -0.15) is 0 Å². The molecule has 0 atom stereocenters. The molecule has 9 nitrogen and oxygen atoms in total. The van der Waals surface area contributed by atoms with E-state index in [9.17, 15) is 14.4 Å². The van der Waals surface area contributed by atoms with Gasteiger partial charge in [0.1, 0.15) is 0 Å². The molecule has 1 aliphatic carbocycles. The fourth-order valence-corrected chi connectivity index (χ4v) is 4.47. The van der Waals surface area contributed by atoms with Gasteiger partial charge in [0.2, 0.25) is 0 Å². The van der Waals surface area contributed by atoms with Gasteiger partial charge in [0, 0.05) is 31.0 Å². The van der Waals surface area contributed by atoms with Gasteiger partial charge in [-0.1, -0.05) is 6.07 Å². The van der Waals surface area contributed by atoms with Crippen molar-refractivity contribution in [3.63, 3.8) is 0 Å². The van der Waals surface area contributed by atoms with Crippen LogP contribution >= 0.6 is 0 Å². The summed E-state index contributed by atoms with van der Waals surface area (Å²) >= 11 is 0. The molecule has 0 radical (unpaired) electrons. The van der Waals surface area contributed by atoms with Gasteiger partial charge in [0.25, 0.3) is 11.5 Å². The lowest BCUT2D eigenvalue weighted by Gasteiger charge is -2.26. The molecule has 9 heteroatoms. The summed E-state index contributed by atoms with van der Waals surface area (Å²) in [6, 6.07) is 8.60. The Morgan fingerprint density at radius 3 is 2.64 bits per heavy atom. The minimum absolute atomic E-state index is 0.0959. The third-order valence-electron chi connectivity index (χ3n) is 6.30. The molecule has 0 bridgehead atoms. The fourth-order valence-electron chi connectivity index (χ4n) is 4.47. The summed E-state index contributed by atoms with van der Waals surface area (Å²) in [5.41, 5.74) is 2.41. The molecule has 5 rings (SSSR count). The Morgan fingerprint density at radius 1 is 1.15 bits per heavy atom. The number of hydrogen-bond donors (Lipinski definition) is 2. The number of hydrogen-bond acceptors (Lipinski definition) is 5. The van der Waals surface area contributed by atoms with E-state index >= 15 is 0 Å². The number of amides is 1. The van der Waals surface area contributed by atoms with Crippen molar-refractivity contribution < 1.29 is 14.7 Å². The van der Waals surface area contributed by atoms with Crippen LogP contribution in [-0.4, -0.2) is 42.0 Å². The van der Waals surface area contributed by atoms with E-state index in [0.717, 1.165) is 11.3 Å². The SMILES string of the molecule is Cn1cnc(-c2ccc3nc4c(C(=O)N[C@H]5CC[C@@H](C(=O)O)CC5)cccn4c(=O)c3c2)c1. The number of nitrogens with one attached hydrogen (secondary N) is 1. The first-order valence-electron chi connectivity index (χ1n) is 10.9. The van der Waals surface area contributed by atoms with Crippen molar-refractivity contribution in [1.82, 2.24) is 24.3 Å². The molecule has 1 amide bonds. The standard InChI is InChI=1S/C24H23N5O4/c1-28-12-20(25-13-28)15-6-9-19-18(11-15)23(31)29-10-2-3-17(21(29)27-19)22(30)26-16-7-4-14(5-8-16)24(32)33/h2-3,6,9-14,16H,4-5,7-8H2,1H3,(H,26,30)(H,32,33)/t14-,16+. The maximum Gasteiger partial charge on any atom is 0.306 e. The zero-order valence-electron chi connectivity index (χ0n) is 18.1. The average Bonchev–Trinajstić information content (AvgIpc) is 3.25. The van der Waals surface area contributed by atoms with E-state index in [1.165, 1.54) is 4.40 Å². The molecule has 3 heterocycles. The molecule has 33 heavy (non-hydrogen) atoms. The molecule has 1 fully saturated rings. The number of rotatable bonds is 4. The van der Waals surface area contributed by atoms with Crippen molar-refractivity contribution in [1.29, 1.82) is 0 Å². The van der Waals surface area contributed by atoms with Crippen molar-refractivity contribution in [2.45, 2.75) is 31.7 Å². The number of aryl methyl sites for hydroxylation is 1. The highest BCUT2D eigenvalue weighted by Crippen LogP contribution is 2.25. The average molecular weight is 445 g/mol. The monoisotopic (exact) mass is 445 g/mol. The van der Waals surface area contributed by atoms with E-state index in [1.54, 1.807) is 36.8 Å². The van der Waals surface area contributed by atoms with Gasteiger partial charge < -0.3 is 15.0 Å². The van der Waals surface area contributed by atoms with E-state index < -0.39 is 5.97 Å². The number of benzene rings is 1. The smallest absolute Gasteiger partial charge is 0.306 e. The largest absolute Gasteiger partial charge is 0.481 e. The van der Waals surface area contributed by atoms with Crippen LogP contribution in [0.25, 0.3) is 27.8 Å². The predicted molar refractivity (Wildman–Crippen MR) is 122 cm³/mol. The molecule has 1 saturated carbocycles. The van der Waals surface area contributed by atoms with E-state index in [0.29, 0.717) is 42.1 Å². The highest BCUT2D eigenvalue weighted by atomic mass is 16.4. The number of carbonyl (C=O) groups is 2. The first-order chi connectivity index (χ1) is 15.9. The Balaban J connectivity index is 1.48. The Hall–Kier alpha value is -4.01. The highest BCUT2D eigenvalue weighted by Gasteiger charge is 2.27. The van der Waals surface area contributed by atoms with Crippen LogP contribution in [0.3, 0.4) is 0 Å². The lowest BCUT2D eigenvalue weighted by atomic mass is 9.86. The summed E-state index contributed by atoms with van der Waals surface area (Å²) in [6.45, 7) is 0. The van der Waals surface area contributed by atoms with Crippen molar-refractivity contribution in [2.75, 3.05) is 0 Å². The molecule has 0 aliphatic heterocycles. The number of nitrogens with zero attached hydrogens (tertiary/aromatic N) is 4. The molecule has 3 aromatic heterocycles. The topological polar surface area (TPSA) is 119 Å². The van der Waals surface area contributed by atoms with E-state index in [2.05, 4.69) is 15.3 Å². The highest BCUT2D eigenvalue weighted by molar-refractivity contribution is 6.00. The molecule has 0 saturated heterocycles. The molecule has 1 aromatic carbocycles. The molecule has 0 unspecified atom stereocenters. The van der Waals surface area contributed by atoms with E-state index in [4.69, 9.17) is 5.11 Å². The van der Waals surface area contributed by atoms with Gasteiger partial charge >= 0.3 is 5.97 Å². The summed E-state index contributed by atoms with van der Waals surface area (Å²) in [7, 11) is 1.88. The minimum Gasteiger partial charge on any atom is -0.481 e. The molecule has 1 aliphatic rings. The molecule has 2 N–H and O–H groups in total. The van der Waals surface area contributed by atoms with Crippen LogP contribution < -0.4 is 10.9 Å². The number of aliphatic carboxylic acids is 1. The normalized spacial score (nSPS) is 18.5. The van der Waals surface area contributed by atoms with Crippen molar-refractivity contribution in [2.24, 2.45) is 13.0 Å². The summed E-state index contributed by atoms with van der Waals surface area (Å²) in [5, 5.41) is 12.6. The number of pyridine rings is 1. The molecular weight excluding hydrogens is 422 g/mol. The summed E-state index contributed by atoms with van der Waals surface area (Å²) in [4.78, 5) is 46.4. The van der Waals surface area contributed by atoms with Crippen LogP contribution in [0.2, 0.25) is 0 Å². The van der Waals surface area contributed by atoms with Crippen LogP contribution in [-0.2, 0) is 11.8 Å². The van der Waals surface area contributed by atoms with Gasteiger partial charge in [-0.3, -0.25) is 18.8 Å². The van der Waals surface area contributed by atoms with Crippen LogP contribution in [0, 0.1) is 5.92 Å². The lowest BCUT2D eigenvalue weighted by molar-refractivity contribution is -0.142.